The van der Waals surface area contributed by atoms with Gasteiger partial charge < -0.3 is 5.32 Å². The van der Waals surface area contributed by atoms with Crippen LogP contribution in [0.1, 0.15) is 10.7 Å². The Morgan fingerprint density at radius 2 is 1.96 bits per heavy atom. The van der Waals surface area contributed by atoms with Gasteiger partial charge in [-0.05, 0) is 23.8 Å². The first kappa shape index (κ1) is 19.2. The van der Waals surface area contributed by atoms with Crippen LogP contribution < -0.4 is 10.5 Å². The predicted octanol–water partition coefficient (Wildman–Crippen LogP) is 3.15. The van der Waals surface area contributed by atoms with Crippen molar-refractivity contribution < 1.29 is 21.6 Å². The number of aromatic nitrogens is 3. The lowest BCUT2D eigenvalue weighted by atomic mass is 10.2. The van der Waals surface area contributed by atoms with E-state index in [4.69, 9.17) is 5.14 Å². The molecular formula is C15H12F3N5O2S2. The predicted molar refractivity (Wildman–Crippen MR) is 94.7 cm³/mol. The summed E-state index contributed by atoms with van der Waals surface area (Å²) in [6.45, 7) is 0. The fourth-order valence-electron chi connectivity index (χ4n) is 2.14. The molecule has 0 unspecified atom stereocenters. The third-order valence-corrected chi connectivity index (χ3v) is 5.13. The van der Waals surface area contributed by atoms with Crippen molar-refractivity contribution in [2.45, 2.75) is 11.9 Å². The lowest BCUT2D eigenvalue weighted by Crippen LogP contribution is -2.14. The Balaban J connectivity index is 1.82. The molecule has 3 aromatic rings. The van der Waals surface area contributed by atoms with Gasteiger partial charge in [0.15, 0.2) is 0 Å². The molecule has 7 nitrogen and oxygen atoms in total. The number of hydrogen-bond acceptors (Lipinski definition) is 7. The quantitative estimate of drug-likeness (QED) is 0.662. The molecule has 27 heavy (non-hydrogen) atoms. The van der Waals surface area contributed by atoms with E-state index in [9.17, 15) is 21.6 Å². The second-order valence-corrected chi connectivity index (χ2v) is 8.12. The summed E-state index contributed by atoms with van der Waals surface area (Å²) in [4.78, 5) is 11.9. The highest BCUT2D eigenvalue weighted by molar-refractivity contribution is 7.88. The highest BCUT2D eigenvalue weighted by Crippen LogP contribution is 2.30. The van der Waals surface area contributed by atoms with Gasteiger partial charge in [0.05, 0.1) is 4.88 Å². The van der Waals surface area contributed by atoms with Crippen LogP contribution in [0.4, 0.5) is 24.8 Å². The molecule has 0 saturated carbocycles. The lowest BCUT2D eigenvalue weighted by Gasteiger charge is -2.09. The number of benzene rings is 1. The number of anilines is 2. The van der Waals surface area contributed by atoms with E-state index in [1.807, 2.05) is 0 Å². The van der Waals surface area contributed by atoms with Crippen molar-refractivity contribution >= 4 is 33.0 Å². The third-order valence-electron chi connectivity index (χ3n) is 3.23. The van der Waals surface area contributed by atoms with Gasteiger partial charge in [-0.25, -0.2) is 28.5 Å². The summed E-state index contributed by atoms with van der Waals surface area (Å²) in [5.41, 5.74) is 0.115. The zero-order chi connectivity index (χ0) is 19.7. The van der Waals surface area contributed by atoms with Crippen LogP contribution >= 0.6 is 11.3 Å². The number of halogens is 3. The molecule has 3 rings (SSSR count). The Kier molecular flexibility index (Phi) is 5.13. The van der Waals surface area contributed by atoms with Gasteiger partial charge in [-0.15, -0.1) is 11.3 Å². The summed E-state index contributed by atoms with van der Waals surface area (Å²) in [6, 6.07) is 7.53. The van der Waals surface area contributed by atoms with Gasteiger partial charge in [-0.2, -0.15) is 13.2 Å². The molecule has 0 spiro atoms. The van der Waals surface area contributed by atoms with Crippen LogP contribution in [0.25, 0.3) is 10.4 Å². The zero-order valence-corrected chi connectivity index (χ0v) is 15.1. The second kappa shape index (κ2) is 7.21. The van der Waals surface area contributed by atoms with Crippen molar-refractivity contribution in [3.63, 3.8) is 0 Å². The van der Waals surface area contributed by atoms with Crippen LogP contribution in [0.15, 0.2) is 42.7 Å². The van der Waals surface area contributed by atoms with E-state index < -0.39 is 21.9 Å². The van der Waals surface area contributed by atoms with E-state index in [2.05, 4.69) is 20.3 Å². The van der Waals surface area contributed by atoms with Gasteiger partial charge in [0, 0.05) is 18.1 Å². The van der Waals surface area contributed by atoms with Gasteiger partial charge in [-0.3, -0.25) is 0 Å². The molecule has 0 fully saturated rings. The first-order valence-corrected chi connectivity index (χ1v) is 9.86. The number of nitrogens with zero attached hydrogens (tertiary/aromatic N) is 3. The fourth-order valence-corrected chi connectivity index (χ4v) is 4.00. The maximum Gasteiger partial charge on any atom is 0.433 e. The van der Waals surface area contributed by atoms with E-state index in [0.717, 1.165) is 23.6 Å². The second-order valence-electron chi connectivity index (χ2n) is 5.39. The van der Waals surface area contributed by atoms with E-state index >= 15 is 0 Å². The summed E-state index contributed by atoms with van der Waals surface area (Å²) in [5.74, 6) is -0.561. The standard InChI is InChI=1S/C15H12F3N5O2S2/c16-15(17,18)12-4-5-20-14(23-12)22-10-3-1-2-9(6-10)11-7-21-13(26-11)8-27(19,24)25/h1-7H,8H2,(H2,19,24,25)(H,20,22,23). The highest BCUT2D eigenvalue weighted by Gasteiger charge is 2.32. The van der Waals surface area contributed by atoms with E-state index in [1.54, 1.807) is 24.3 Å². The minimum absolute atomic E-state index is 0.193. The monoisotopic (exact) mass is 415 g/mol. The molecule has 0 amide bonds. The third kappa shape index (κ3) is 5.21. The Morgan fingerprint density at radius 1 is 1.19 bits per heavy atom. The molecule has 0 bridgehead atoms. The number of rotatable bonds is 5. The summed E-state index contributed by atoms with van der Waals surface area (Å²) < 4.78 is 60.5. The first-order chi connectivity index (χ1) is 12.6. The van der Waals surface area contributed by atoms with E-state index in [-0.39, 0.29) is 11.7 Å². The molecule has 2 aromatic heterocycles. The van der Waals surface area contributed by atoms with Crippen molar-refractivity contribution in [1.82, 2.24) is 15.0 Å². The summed E-state index contributed by atoms with van der Waals surface area (Å²) in [5, 5.41) is 8.06. The highest BCUT2D eigenvalue weighted by atomic mass is 32.2. The zero-order valence-electron chi connectivity index (χ0n) is 13.4. The van der Waals surface area contributed by atoms with Crippen LogP contribution in [-0.4, -0.2) is 23.4 Å². The number of sulfonamides is 1. The molecule has 1 aromatic carbocycles. The molecule has 0 aliphatic heterocycles. The summed E-state index contributed by atoms with van der Waals surface area (Å²) in [6.07, 6.45) is -2.04. The molecular weight excluding hydrogens is 403 g/mol. The Hall–Kier alpha value is -2.57. The van der Waals surface area contributed by atoms with Crippen molar-refractivity contribution in [2.75, 3.05) is 5.32 Å². The van der Waals surface area contributed by atoms with Gasteiger partial charge in [-0.1, -0.05) is 12.1 Å². The fraction of sp³-hybridized carbons (Fsp3) is 0.133. The SMILES string of the molecule is NS(=O)(=O)Cc1ncc(-c2cccc(Nc3nccc(C(F)(F)F)n3)c2)s1. The number of nitrogens with one attached hydrogen (secondary N) is 1. The van der Waals surface area contributed by atoms with Crippen molar-refractivity contribution in [1.29, 1.82) is 0 Å². The molecule has 12 heteroatoms. The molecule has 0 atom stereocenters. The lowest BCUT2D eigenvalue weighted by molar-refractivity contribution is -0.141. The number of hydrogen-bond donors (Lipinski definition) is 2. The van der Waals surface area contributed by atoms with Crippen LogP contribution in [0.5, 0.6) is 0 Å². The minimum atomic E-state index is -4.57. The van der Waals surface area contributed by atoms with E-state index in [0.29, 0.717) is 21.1 Å². The van der Waals surface area contributed by atoms with Crippen LogP contribution in [0, 0.1) is 0 Å². The Labute approximate surface area is 156 Å². The topological polar surface area (TPSA) is 111 Å². The number of thiazole rings is 1. The van der Waals surface area contributed by atoms with Gasteiger partial charge in [0.25, 0.3) is 0 Å². The molecule has 0 aliphatic carbocycles. The maximum atomic E-state index is 12.7. The van der Waals surface area contributed by atoms with Crippen LogP contribution in [0.3, 0.4) is 0 Å². The Bertz CT molecular complexity index is 1070. The molecule has 3 N–H and O–H groups in total. The van der Waals surface area contributed by atoms with Crippen molar-refractivity contribution in [3.8, 4) is 10.4 Å². The first-order valence-electron chi connectivity index (χ1n) is 7.33. The van der Waals surface area contributed by atoms with Gasteiger partial charge in [0.1, 0.15) is 16.5 Å². The molecule has 0 aliphatic rings. The van der Waals surface area contributed by atoms with Crippen LogP contribution in [-0.2, 0) is 22.0 Å². The summed E-state index contributed by atoms with van der Waals surface area (Å²) >= 11 is 1.16. The smallest absolute Gasteiger partial charge is 0.324 e. The van der Waals surface area contributed by atoms with Crippen molar-refractivity contribution in [3.05, 3.63) is 53.4 Å². The minimum Gasteiger partial charge on any atom is -0.324 e. The van der Waals surface area contributed by atoms with Gasteiger partial charge >= 0.3 is 6.18 Å². The number of alkyl halides is 3. The largest absolute Gasteiger partial charge is 0.433 e. The average Bonchev–Trinajstić information content (AvgIpc) is 3.01. The molecule has 0 radical (unpaired) electrons. The van der Waals surface area contributed by atoms with Gasteiger partial charge in [0.2, 0.25) is 16.0 Å². The van der Waals surface area contributed by atoms with E-state index in [1.165, 1.54) is 6.20 Å². The number of nitrogens with two attached hydrogens (primary N) is 1. The average molecular weight is 415 g/mol. The Morgan fingerprint density at radius 3 is 2.67 bits per heavy atom. The van der Waals surface area contributed by atoms with Crippen LogP contribution in [0.2, 0.25) is 0 Å². The normalized spacial score (nSPS) is 12.1. The number of primary sulfonamides is 1. The summed E-state index contributed by atoms with van der Waals surface area (Å²) in [7, 11) is -3.68. The molecule has 0 saturated heterocycles. The molecule has 2 heterocycles. The maximum absolute atomic E-state index is 12.7. The van der Waals surface area contributed by atoms with Crippen molar-refractivity contribution in [2.24, 2.45) is 5.14 Å². The molecule has 142 valence electrons.